The van der Waals surface area contributed by atoms with Gasteiger partial charge in [0, 0.05) is 37.1 Å². The molecule has 0 N–H and O–H groups in total. The summed E-state index contributed by atoms with van der Waals surface area (Å²) in [5.74, 6) is -2.73. The highest BCUT2D eigenvalue weighted by atomic mass is 28.1. The Hall–Kier alpha value is -1.54. The fourth-order valence-corrected chi connectivity index (χ4v) is 2.97. The Morgan fingerprint density at radius 2 is 1.86 bits per heavy atom. The van der Waals surface area contributed by atoms with Crippen LogP contribution in [0.25, 0.3) is 0 Å². The lowest BCUT2D eigenvalue weighted by atomic mass is 9.92. The molecule has 6 nitrogen and oxygen atoms in total. The molecule has 2 rings (SSSR count). The van der Waals surface area contributed by atoms with Gasteiger partial charge in [-0.05, 0) is 12.1 Å². The molecule has 3 radical (unpaired) electrons. The van der Waals surface area contributed by atoms with E-state index in [0.29, 0.717) is 11.6 Å². The zero-order valence-corrected chi connectivity index (χ0v) is 13.0. The van der Waals surface area contributed by atoms with E-state index >= 15 is 0 Å². The van der Waals surface area contributed by atoms with E-state index in [2.05, 4.69) is 15.0 Å². The van der Waals surface area contributed by atoms with Crippen LogP contribution in [-0.2, 0) is 24.7 Å². The average Bonchev–Trinajstić information content (AvgIpc) is 2.80. The number of carbonyl (C=O) groups is 2. The van der Waals surface area contributed by atoms with Crippen molar-refractivity contribution in [2.75, 3.05) is 21.3 Å². The van der Waals surface area contributed by atoms with Crippen LogP contribution in [0.15, 0.2) is 18.2 Å². The summed E-state index contributed by atoms with van der Waals surface area (Å²) in [7, 11) is 7.77. The SMILES string of the molecule is COC(C[Si])C(OC)(OC)c1cccc2c1C(=O)OC2=O. The molecule has 0 aromatic heterocycles. The molecule has 0 fully saturated rings. The number of hydrogen-bond donors (Lipinski definition) is 0. The summed E-state index contributed by atoms with van der Waals surface area (Å²) in [6.07, 6.45) is -0.542. The van der Waals surface area contributed by atoms with Gasteiger partial charge in [-0.15, -0.1) is 0 Å². The number of carbonyl (C=O) groups excluding carboxylic acids is 2. The zero-order valence-electron chi connectivity index (χ0n) is 12.0. The van der Waals surface area contributed by atoms with Crippen LogP contribution in [0.4, 0.5) is 0 Å². The van der Waals surface area contributed by atoms with Crippen LogP contribution in [0.1, 0.15) is 26.3 Å². The zero-order chi connectivity index (χ0) is 15.6. The van der Waals surface area contributed by atoms with Crippen LogP contribution in [0.2, 0.25) is 6.04 Å². The van der Waals surface area contributed by atoms with Gasteiger partial charge in [0.2, 0.25) is 5.79 Å². The first-order valence-corrected chi connectivity index (χ1v) is 6.94. The second-order valence-corrected chi connectivity index (χ2v) is 4.82. The minimum absolute atomic E-state index is 0.147. The van der Waals surface area contributed by atoms with E-state index in [1.54, 1.807) is 12.1 Å². The van der Waals surface area contributed by atoms with Crippen LogP contribution in [0, 0.1) is 0 Å². The third kappa shape index (κ3) is 2.32. The second-order valence-electron chi connectivity index (χ2n) is 4.41. The van der Waals surface area contributed by atoms with Crippen molar-refractivity contribution in [2.24, 2.45) is 0 Å². The molecule has 1 aliphatic rings. The Balaban J connectivity index is 2.68. The fraction of sp³-hybridized carbons (Fsp3) is 0.429. The van der Waals surface area contributed by atoms with Crippen molar-refractivity contribution >= 4 is 22.2 Å². The van der Waals surface area contributed by atoms with E-state index in [-0.39, 0.29) is 11.1 Å². The molecule has 1 aromatic rings. The lowest BCUT2D eigenvalue weighted by Crippen LogP contribution is -2.45. The molecule has 0 spiro atoms. The van der Waals surface area contributed by atoms with E-state index in [9.17, 15) is 9.59 Å². The van der Waals surface area contributed by atoms with Crippen molar-refractivity contribution < 1.29 is 28.5 Å². The van der Waals surface area contributed by atoms with Gasteiger partial charge >= 0.3 is 11.9 Å². The molecule has 0 amide bonds. The van der Waals surface area contributed by atoms with Gasteiger partial charge in [0.15, 0.2) is 0 Å². The summed E-state index contributed by atoms with van der Waals surface area (Å²) >= 11 is 0. The quantitative estimate of drug-likeness (QED) is 0.338. The standard InChI is InChI=1S/C14H15O6Si/c1-17-10(7-21)14(18-2,19-3)9-6-4-5-8-11(9)13(16)20-12(8)15/h4-6,10H,7H2,1-3H3. The molecule has 1 aromatic carbocycles. The van der Waals surface area contributed by atoms with Crippen molar-refractivity contribution in [3.05, 3.63) is 34.9 Å². The minimum atomic E-state index is -1.34. The molecule has 21 heavy (non-hydrogen) atoms. The number of benzene rings is 1. The van der Waals surface area contributed by atoms with Crippen molar-refractivity contribution in [3.8, 4) is 0 Å². The second kappa shape index (κ2) is 6.06. The molecule has 7 heteroatoms. The molecule has 0 aliphatic carbocycles. The Morgan fingerprint density at radius 1 is 1.19 bits per heavy atom. The van der Waals surface area contributed by atoms with Crippen molar-refractivity contribution in [2.45, 2.75) is 17.9 Å². The molecule has 1 heterocycles. The van der Waals surface area contributed by atoms with E-state index in [1.165, 1.54) is 27.4 Å². The van der Waals surface area contributed by atoms with E-state index in [0.717, 1.165) is 0 Å². The third-order valence-corrected chi connectivity index (χ3v) is 3.92. The summed E-state index contributed by atoms with van der Waals surface area (Å²) in [5.41, 5.74) is 0.735. The van der Waals surface area contributed by atoms with Crippen molar-refractivity contribution in [3.63, 3.8) is 0 Å². The number of fused-ring (bicyclic) bond motifs is 1. The molecule has 0 saturated heterocycles. The van der Waals surface area contributed by atoms with Crippen molar-refractivity contribution in [1.82, 2.24) is 0 Å². The molecular formula is C14H15O6Si. The molecule has 111 valence electrons. The van der Waals surface area contributed by atoms with E-state index in [4.69, 9.17) is 14.2 Å². The Bertz CT molecular complexity index is 563. The Morgan fingerprint density at radius 3 is 2.38 bits per heavy atom. The van der Waals surface area contributed by atoms with E-state index in [1.807, 2.05) is 0 Å². The van der Waals surface area contributed by atoms with Gasteiger partial charge in [-0.1, -0.05) is 12.1 Å². The predicted molar refractivity (Wildman–Crippen MR) is 73.2 cm³/mol. The van der Waals surface area contributed by atoms with Crippen LogP contribution >= 0.6 is 0 Å². The topological polar surface area (TPSA) is 71.1 Å². The maximum atomic E-state index is 12.0. The van der Waals surface area contributed by atoms with Gasteiger partial charge < -0.3 is 18.9 Å². The Labute approximate surface area is 125 Å². The van der Waals surface area contributed by atoms with Crippen molar-refractivity contribution in [1.29, 1.82) is 0 Å². The third-order valence-electron chi connectivity index (χ3n) is 3.55. The number of esters is 2. The largest absolute Gasteiger partial charge is 0.386 e. The first-order chi connectivity index (χ1) is 10.1. The molecule has 1 unspecified atom stereocenters. The summed E-state index contributed by atoms with van der Waals surface area (Å²) in [6, 6.07) is 5.21. The highest BCUT2D eigenvalue weighted by Crippen LogP contribution is 2.38. The van der Waals surface area contributed by atoms with E-state index < -0.39 is 23.8 Å². The summed E-state index contributed by atoms with van der Waals surface area (Å²) in [6.45, 7) is 0. The van der Waals surface area contributed by atoms with Crippen LogP contribution in [-0.4, -0.2) is 49.6 Å². The van der Waals surface area contributed by atoms with Gasteiger partial charge in [0.1, 0.15) is 6.10 Å². The highest BCUT2D eigenvalue weighted by molar-refractivity contribution is 6.15. The number of hydrogen-bond acceptors (Lipinski definition) is 6. The minimum Gasteiger partial charge on any atom is -0.386 e. The van der Waals surface area contributed by atoms with Gasteiger partial charge in [-0.25, -0.2) is 9.59 Å². The monoisotopic (exact) mass is 307 g/mol. The fourth-order valence-electron chi connectivity index (χ4n) is 2.54. The first-order valence-electron chi connectivity index (χ1n) is 6.23. The number of methoxy groups -OCH3 is 3. The van der Waals surface area contributed by atoms with Crippen LogP contribution in [0.5, 0.6) is 0 Å². The number of cyclic esters (lactones) is 2. The van der Waals surface area contributed by atoms with Crippen LogP contribution < -0.4 is 0 Å². The molecule has 0 bridgehead atoms. The highest BCUT2D eigenvalue weighted by Gasteiger charge is 2.46. The normalized spacial score (nSPS) is 15.8. The number of rotatable bonds is 6. The first kappa shape index (κ1) is 15.8. The van der Waals surface area contributed by atoms with Crippen LogP contribution in [0.3, 0.4) is 0 Å². The lowest BCUT2D eigenvalue weighted by molar-refractivity contribution is -0.269. The summed E-state index contributed by atoms with van der Waals surface area (Å²) < 4.78 is 21.1. The molecule has 1 atom stereocenters. The smallest absolute Gasteiger partial charge is 0.347 e. The Kier molecular flexibility index (Phi) is 4.57. The van der Waals surface area contributed by atoms with Gasteiger partial charge in [-0.2, -0.15) is 0 Å². The lowest BCUT2D eigenvalue weighted by Gasteiger charge is -2.37. The van der Waals surface area contributed by atoms with Gasteiger partial charge in [-0.3, -0.25) is 0 Å². The predicted octanol–water partition coefficient (Wildman–Crippen LogP) is 1.04. The maximum absolute atomic E-state index is 12.0. The molecule has 0 saturated carbocycles. The maximum Gasteiger partial charge on any atom is 0.347 e. The molecular weight excluding hydrogens is 292 g/mol. The van der Waals surface area contributed by atoms with Gasteiger partial charge in [0.05, 0.1) is 11.1 Å². The van der Waals surface area contributed by atoms with Gasteiger partial charge in [0.25, 0.3) is 0 Å². The molecule has 1 aliphatic heterocycles. The summed E-state index contributed by atoms with van der Waals surface area (Å²) in [4.78, 5) is 23.6. The average molecular weight is 307 g/mol. The summed E-state index contributed by atoms with van der Waals surface area (Å²) in [5, 5.41) is 0. The number of ether oxygens (including phenoxy) is 4.